The van der Waals surface area contributed by atoms with E-state index < -0.39 is 0 Å². The molecule has 3 amide bonds. The van der Waals surface area contributed by atoms with Crippen LogP contribution in [-0.2, 0) is 9.59 Å². The van der Waals surface area contributed by atoms with Gasteiger partial charge in [0.15, 0.2) is 18.1 Å². The Balaban J connectivity index is 1.28. The second-order valence-corrected chi connectivity index (χ2v) is 9.60. The van der Waals surface area contributed by atoms with Gasteiger partial charge < -0.3 is 19.5 Å². The highest BCUT2D eigenvalue weighted by molar-refractivity contribution is 8.18. The van der Waals surface area contributed by atoms with Crippen molar-refractivity contribution in [3.8, 4) is 17.2 Å². The number of amides is 3. The molecule has 3 aromatic rings. The molecular formula is C28H25ClN2O6S. The molecule has 1 aliphatic rings. The van der Waals surface area contributed by atoms with Crippen molar-refractivity contribution in [1.29, 1.82) is 0 Å². The monoisotopic (exact) mass is 552 g/mol. The number of ether oxygens (including phenoxy) is 3. The molecule has 0 spiro atoms. The van der Waals surface area contributed by atoms with Gasteiger partial charge in [0.1, 0.15) is 12.4 Å². The van der Waals surface area contributed by atoms with Gasteiger partial charge in [-0.25, -0.2) is 0 Å². The minimum absolute atomic E-state index is 0.115. The molecule has 4 rings (SSSR count). The molecule has 1 N–H and O–H groups in total. The maximum Gasteiger partial charge on any atom is 0.293 e. The zero-order valence-electron chi connectivity index (χ0n) is 20.7. The Labute approximate surface area is 229 Å². The van der Waals surface area contributed by atoms with Gasteiger partial charge in [-0.15, -0.1) is 0 Å². The number of hydrogen-bond acceptors (Lipinski definition) is 7. The van der Waals surface area contributed by atoms with Gasteiger partial charge in [-0.1, -0.05) is 41.9 Å². The van der Waals surface area contributed by atoms with Gasteiger partial charge in [0.05, 0.1) is 18.6 Å². The Morgan fingerprint density at radius 1 is 1.03 bits per heavy atom. The van der Waals surface area contributed by atoms with E-state index in [1.807, 2.05) is 25.1 Å². The first-order valence-electron chi connectivity index (χ1n) is 11.6. The summed E-state index contributed by atoms with van der Waals surface area (Å²) in [6.45, 7) is 1.96. The fourth-order valence-electron chi connectivity index (χ4n) is 3.51. The smallest absolute Gasteiger partial charge is 0.293 e. The normalized spacial score (nSPS) is 14.1. The zero-order valence-corrected chi connectivity index (χ0v) is 22.3. The molecule has 38 heavy (non-hydrogen) atoms. The molecule has 0 radical (unpaired) electrons. The number of methoxy groups -OCH3 is 1. The number of carbonyl (C=O) groups is 3. The average Bonchev–Trinajstić information content (AvgIpc) is 3.18. The Hall–Kier alpha value is -3.95. The van der Waals surface area contributed by atoms with E-state index in [0.717, 1.165) is 22.2 Å². The van der Waals surface area contributed by atoms with E-state index in [1.54, 1.807) is 61.7 Å². The van der Waals surface area contributed by atoms with Crippen molar-refractivity contribution in [2.75, 3.05) is 32.2 Å². The van der Waals surface area contributed by atoms with Crippen molar-refractivity contribution in [1.82, 2.24) is 4.90 Å². The lowest BCUT2D eigenvalue weighted by atomic mass is 10.2. The summed E-state index contributed by atoms with van der Waals surface area (Å²) in [5, 5.41) is 2.94. The van der Waals surface area contributed by atoms with Crippen LogP contribution in [0, 0.1) is 6.92 Å². The number of anilines is 1. The summed E-state index contributed by atoms with van der Waals surface area (Å²) in [6.07, 6.45) is 1.64. The number of carbonyl (C=O) groups excluding carboxylic acids is 3. The average molecular weight is 553 g/mol. The maximum atomic E-state index is 12.8. The van der Waals surface area contributed by atoms with Crippen LogP contribution in [0.1, 0.15) is 11.1 Å². The number of hydrogen-bond donors (Lipinski definition) is 1. The Kier molecular flexibility index (Phi) is 8.93. The third-order valence-electron chi connectivity index (χ3n) is 5.52. The number of imide groups is 1. The highest BCUT2D eigenvalue weighted by Gasteiger charge is 2.34. The Morgan fingerprint density at radius 2 is 1.76 bits per heavy atom. The zero-order chi connectivity index (χ0) is 27.1. The molecule has 10 heteroatoms. The summed E-state index contributed by atoms with van der Waals surface area (Å²) in [5.41, 5.74) is 2.22. The molecule has 1 aliphatic heterocycles. The quantitative estimate of drug-likeness (QED) is 0.318. The van der Waals surface area contributed by atoms with Crippen LogP contribution >= 0.6 is 23.4 Å². The largest absolute Gasteiger partial charge is 0.493 e. The lowest BCUT2D eigenvalue weighted by Gasteiger charge is -2.14. The minimum atomic E-state index is -0.378. The highest BCUT2D eigenvalue weighted by atomic mass is 35.5. The Bertz CT molecular complexity index is 1380. The summed E-state index contributed by atoms with van der Waals surface area (Å²) < 4.78 is 16.5. The number of thioether (sulfide) groups is 1. The lowest BCUT2D eigenvalue weighted by molar-refractivity contribution is -0.123. The number of benzene rings is 3. The molecule has 3 aromatic carbocycles. The van der Waals surface area contributed by atoms with Crippen LogP contribution in [0.3, 0.4) is 0 Å². The van der Waals surface area contributed by atoms with Crippen LogP contribution in [0.15, 0.2) is 71.6 Å². The highest BCUT2D eigenvalue weighted by Crippen LogP contribution is 2.33. The summed E-state index contributed by atoms with van der Waals surface area (Å²) >= 11 is 6.96. The Morgan fingerprint density at radius 3 is 2.47 bits per heavy atom. The van der Waals surface area contributed by atoms with Gasteiger partial charge in [-0.2, -0.15) is 0 Å². The fourth-order valence-corrected chi connectivity index (χ4v) is 4.55. The lowest BCUT2D eigenvalue weighted by Crippen LogP contribution is -2.32. The molecule has 0 atom stereocenters. The standard InChI is InChI=1S/C28H25ClN2O6S/c1-18-7-10-20(16-22(18)29)30-26(32)17-37-21-11-8-19(9-12-21)15-25-27(33)31(28(34)38-25)13-14-36-24-6-4-3-5-23(24)35-2/h3-12,15-16H,13-14,17H2,1-2H3,(H,30,32)/b25-15-. The van der Waals surface area contributed by atoms with E-state index in [0.29, 0.717) is 38.4 Å². The van der Waals surface area contributed by atoms with Crippen molar-refractivity contribution in [3.63, 3.8) is 0 Å². The van der Waals surface area contributed by atoms with Crippen molar-refractivity contribution in [3.05, 3.63) is 87.8 Å². The summed E-state index contributed by atoms with van der Waals surface area (Å²) in [6, 6.07) is 19.3. The van der Waals surface area contributed by atoms with Crippen LogP contribution in [0.4, 0.5) is 10.5 Å². The molecule has 0 aromatic heterocycles. The van der Waals surface area contributed by atoms with Crippen molar-refractivity contribution in [2.45, 2.75) is 6.92 Å². The van der Waals surface area contributed by atoms with Crippen LogP contribution in [0.25, 0.3) is 6.08 Å². The van der Waals surface area contributed by atoms with Crippen molar-refractivity contribution >= 4 is 52.2 Å². The molecule has 196 valence electrons. The van der Waals surface area contributed by atoms with Crippen LogP contribution in [0.2, 0.25) is 5.02 Å². The first-order valence-corrected chi connectivity index (χ1v) is 12.8. The van der Waals surface area contributed by atoms with Gasteiger partial charge in [-0.05, 0) is 72.3 Å². The number of halogens is 1. The van der Waals surface area contributed by atoms with Gasteiger partial charge in [0.2, 0.25) is 0 Å². The molecule has 0 saturated carbocycles. The molecule has 1 heterocycles. The van der Waals surface area contributed by atoms with Gasteiger partial charge in [0, 0.05) is 10.7 Å². The SMILES string of the molecule is COc1ccccc1OCCN1C(=O)S/C(=C\c2ccc(OCC(=O)Nc3ccc(C)c(Cl)c3)cc2)C1=O. The summed E-state index contributed by atoms with van der Waals surface area (Å²) in [4.78, 5) is 38.8. The van der Waals surface area contributed by atoms with Gasteiger partial charge >= 0.3 is 0 Å². The number of nitrogens with zero attached hydrogens (tertiary/aromatic N) is 1. The molecule has 1 fully saturated rings. The number of nitrogens with one attached hydrogen (secondary N) is 1. The van der Waals surface area contributed by atoms with Crippen LogP contribution < -0.4 is 19.5 Å². The van der Waals surface area contributed by atoms with E-state index in [2.05, 4.69) is 5.32 Å². The first kappa shape index (κ1) is 27.1. The molecule has 8 nitrogen and oxygen atoms in total. The predicted octanol–water partition coefficient (Wildman–Crippen LogP) is 5.79. The van der Waals surface area contributed by atoms with E-state index >= 15 is 0 Å². The molecule has 0 unspecified atom stereocenters. The number of aryl methyl sites for hydroxylation is 1. The number of para-hydroxylation sites is 2. The minimum Gasteiger partial charge on any atom is -0.493 e. The maximum absolute atomic E-state index is 12.8. The van der Waals surface area contributed by atoms with Gasteiger partial charge in [0.25, 0.3) is 17.1 Å². The fraction of sp³-hybridized carbons (Fsp3) is 0.179. The molecular weight excluding hydrogens is 528 g/mol. The topological polar surface area (TPSA) is 94.2 Å². The summed E-state index contributed by atoms with van der Waals surface area (Å²) in [5.74, 6) is 0.901. The number of rotatable bonds is 10. The van der Waals surface area contributed by atoms with E-state index in [4.69, 9.17) is 25.8 Å². The second kappa shape index (κ2) is 12.5. The first-order chi connectivity index (χ1) is 18.3. The summed E-state index contributed by atoms with van der Waals surface area (Å²) in [7, 11) is 1.54. The third kappa shape index (κ3) is 6.87. The molecule has 1 saturated heterocycles. The predicted molar refractivity (Wildman–Crippen MR) is 148 cm³/mol. The second-order valence-electron chi connectivity index (χ2n) is 8.20. The third-order valence-corrected chi connectivity index (χ3v) is 6.83. The van der Waals surface area contributed by atoms with Crippen molar-refractivity contribution < 1.29 is 28.6 Å². The molecule has 0 bridgehead atoms. The molecule has 0 aliphatic carbocycles. The van der Waals surface area contributed by atoms with E-state index in [-0.39, 0.29) is 36.8 Å². The van der Waals surface area contributed by atoms with Crippen LogP contribution in [0.5, 0.6) is 17.2 Å². The van der Waals surface area contributed by atoms with Gasteiger partial charge in [-0.3, -0.25) is 19.3 Å². The van der Waals surface area contributed by atoms with Crippen LogP contribution in [-0.4, -0.2) is 48.8 Å². The van der Waals surface area contributed by atoms with E-state index in [1.165, 1.54) is 0 Å². The van der Waals surface area contributed by atoms with Crippen molar-refractivity contribution in [2.24, 2.45) is 0 Å². The van der Waals surface area contributed by atoms with E-state index in [9.17, 15) is 14.4 Å².